The fourth-order valence-corrected chi connectivity index (χ4v) is 3.93. The Morgan fingerprint density at radius 2 is 2.20 bits per heavy atom. The second-order valence-electron chi connectivity index (χ2n) is 6.13. The summed E-state index contributed by atoms with van der Waals surface area (Å²) in [6.45, 7) is 4.95. The first-order valence-corrected chi connectivity index (χ1v) is 9.83. The monoisotopic (exact) mass is 370 g/mol. The minimum Gasteiger partial charge on any atom is -0.496 e. The zero-order valence-corrected chi connectivity index (χ0v) is 15.8. The highest BCUT2D eigenvalue weighted by atomic mass is 32.2. The number of nitrogens with zero attached hydrogens (tertiary/aromatic N) is 1. The number of carbonyl (C=O) groups is 1. The summed E-state index contributed by atoms with van der Waals surface area (Å²) in [6, 6.07) is 4.70. The molecule has 1 heterocycles. The first-order chi connectivity index (χ1) is 11.8. The molecule has 0 radical (unpaired) electrons. The number of hydrogen-bond acceptors (Lipinski definition) is 5. The average molecular weight is 370 g/mol. The smallest absolute Gasteiger partial charge is 0.240 e. The van der Waals surface area contributed by atoms with Crippen LogP contribution in [0.3, 0.4) is 0 Å². The summed E-state index contributed by atoms with van der Waals surface area (Å²) in [5, 5.41) is 0. The summed E-state index contributed by atoms with van der Waals surface area (Å²) in [4.78, 5) is 13.6. The second kappa shape index (κ2) is 8.64. The van der Waals surface area contributed by atoms with Crippen LogP contribution in [0.15, 0.2) is 23.1 Å². The molecule has 1 unspecified atom stereocenters. The van der Waals surface area contributed by atoms with Gasteiger partial charge in [0.15, 0.2) is 0 Å². The van der Waals surface area contributed by atoms with Gasteiger partial charge in [0, 0.05) is 33.2 Å². The van der Waals surface area contributed by atoms with Crippen LogP contribution in [0.4, 0.5) is 0 Å². The van der Waals surface area contributed by atoms with Crippen molar-refractivity contribution in [2.24, 2.45) is 0 Å². The fourth-order valence-electron chi connectivity index (χ4n) is 2.83. The molecule has 2 rings (SSSR count). The maximum absolute atomic E-state index is 12.4. The van der Waals surface area contributed by atoms with E-state index in [-0.39, 0.29) is 23.5 Å². The molecule has 1 N–H and O–H groups in total. The van der Waals surface area contributed by atoms with Crippen molar-refractivity contribution in [2.75, 3.05) is 33.4 Å². The van der Waals surface area contributed by atoms with Crippen LogP contribution in [0.5, 0.6) is 5.75 Å². The summed E-state index contributed by atoms with van der Waals surface area (Å²) in [6.07, 6.45) is 1.98. The number of aryl methyl sites for hydroxylation is 1. The van der Waals surface area contributed by atoms with Crippen molar-refractivity contribution in [2.45, 2.75) is 37.7 Å². The highest BCUT2D eigenvalue weighted by Crippen LogP contribution is 2.21. The van der Waals surface area contributed by atoms with Gasteiger partial charge >= 0.3 is 0 Å². The van der Waals surface area contributed by atoms with Gasteiger partial charge in [-0.1, -0.05) is 0 Å². The van der Waals surface area contributed by atoms with E-state index >= 15 is 0 Å². The van der Waals surface area contributed by atoms with E-state index in [0.29, 0.717) is 18.8 Å². The molecule has 1 fully saturated rings. The average Bonchev–Trinajstić information content (AvgIpc) is 3.06. The number of carbonyl (C=O) groups excluding carboxylic acids is 1. The van der Waals surface area contributed by atoms with Gasteiger partial charge in [-0.25, -0.2) is 13.1 Å². The fraction of sp³-hybridized carbons (Fsp3) is 0.588. The molecule has 1 saturated heterocycles. The molecule has 140 valence electrons. The van der Waals surface area contributed by atoms with Gasteiger partial charge in [-0.05, 0) is 43.5 Å². The molecule has 1 aliphatic rings. The molecule has 1 amide bonds. The highest BCUT2D eigenvalue weighted by Gasteiger charge is 2.21. The van der Waals surface area contributed by atoms with E-state index in [1.54, 1.807) is 31.1 Å². The van der Waals surface area contributed by atoms with Crippen molar-refractivity contribution in [3.63, 3.8) is 0 Å². The summed E-state index contributed by atoms with van der Waals surface area (Å²) in [5.41, 5.74) is 0.745. The van der Waals surface area contributed by atoms with Crippen molar-refractivity contribution in [1.29, 1.82) is 0 Å². The number of methoxy groups -OCH3 is 1. The van der Waals surface area contributed by atoms with E-state index in [2.05, 4.69) is 4.72 Å². The van der Waals surface area contributed by atoms with E-state index in [4.69, 9.17) is 9.47 Å². The Balaban J connectivity index is 1.93. The van der Waals surface area contributed by atoms with Crippen molar-refractivity contribution in [1.82, 2.24) is 9.62 Å². The van der Waals surface area contributed by atoms with Crippen molar-refractivity contribution < 1.29 is 22.7 Å². The number of nitrogens with one attached hydrogen (secondary N) is 1. The van der Waals surface area contributed by atoms with Crippen LogP contribution in [0.2, 0.25) is 0 Å². The van der Waals surface area contributed by atoms with E-state index in [9.17, 15) is 13.2 Å². The molecule has 1 atom stereocenters. The molecule has 25 heavy (non-hydrogen) atoms. The molecule has 8 heteroatoms. The Bertz CT molecular complexity index is 699. The number of benzene rings is 1. The maximum Gasteiger partial charge on any atom is 0.240 e. The van der Waals surface area contributed by atoms with Gasteiger partial charge < -0.3 is 14.4 Å². The Hall–Kier alpha value is -1.64. The van der Waals surface area contributed by atoms with Crippen LogP contribution in [0, 0.1) is 6.92 Å². The zero-order valence-electron chi connectivity index (χ0n) is 14.9. The molecule has 0 bridgehead atoms. The first-order valence-electron chi connectivity index (χ1n) is 8.35. The molecule has 1 aliphatic heterocycles. The van der Waals surface area contributed by atoms with Gasteiger partial charge in [-0.3, -0.25) is 4.79 Å². The summed E-state index contributed by atoms with van der Waals surface area (Å²) < 4.78 is 38.0. The van der Waals surface area contributed by atoms with Crippen LogP contribution in [-0.4, -0.2) is 58.7 Å². The highest BCUT2D eigenvalue weighted by molar-refractivity contribution is 7.89. The van der Waals surface area contributed by atoms with Crippen LogP contribution in [0.25, 0.3) is 0 Å². The third kappa shape index (κ3) is 5.42. The zero-order chi connectivity index (χ0) is 18.4. The van der Waals surface area contributed by atoms with E-state index in [1.807, 2.05) is 0 Å². The van der Waals surface area contributed by atoms with Crippen molar-refractivity contribution >= 4 is 15.9 Å². The van der Waals surface area contributed by atoms with Crippen LogP contribution >= 0.6 is 0 Å². The Kier molecular flexibility index (Phi) is 6.80. The lowest BCUT2D eigenvalue weighted by atomic mass is 10.2. The van der Waals surface area contributed by atoms with E-state index in [1.165, 1.54) is 13.0 Å². The van der Waals surface area contributed by atoms with Gasteiger partial charge in [-0.15, -0.1) is 0 Å². The van der Waals surface area contributed by atoms with Crippen molar-refractivity contribution in [3.8, 4) is 5.75 Å². The molecule has 7 nitrogen and oxygen atoms in total. The molecule has 0 saturated carbocycles. The van der Waals surface area contributed by atoms with E-state index in [0.717, 1.165) is 25.0 Å². The Morgan fingerprint density at radius 3 is 2.76 bits per heavy atom. The quantitative estimate of drug-likeness (QED) is 0.746. The Labute approximate surface area is 149 Å². The number of hydrogen-bond donors (Lipinski definition) is 1. The molecule has 0 aromatic heterocycles. The number of ether oxygens (including phenoxy) is 2. The summed E-state index contributed by atoms with van der Waals surface area (Å²) in [5.74, 6) is 0.549. The lowest BCUT2D eigenvalue weighted by Gasteiger charge is -2.24. The van der Waals surface area contributed by atoms with Gasteiger partial charge in [0.1, 0.15) is 5.75 Å². The van der Waals surface area contributed by atoms with Gasteiger partial charge in [0.25, 0.3) is 0 Å². The van der Waals surface area contributed by atoms with Crippen LogP contribution in [0.1, 0.15) is 25.3 Å². The molecule has 1 aromatic carbocycles. The Morgan fingerprint density at radius 1 is 1.44 bits per heavy atom. The van der Waals surface area contributed by atoms with Gasteiger partial charge in [0.05, 0.1) is 18.1 Å². The third-order valence-corrected chi connectivity index (χ3v) is 5.70. The third-order valence-electron chi connectivity index (χ3n) is 4.24. The number of amides is 1. The van der Waals surface area contributed by atoms with Crippen LogP contribution in [-0.2, 0) is 19.6 Å². The minimum absolute atomic E-state index is 0.0461. The standard InChI is InChI=1S/C17H26N2O5S/c1-13-11-16(6-7-17(13)23-3)25(21,22)18-8-9-19(14(2)20)12-15-5-4-10-24-15/h6-7,11,15,18H,4-5,8-10,12H2,1-3H3. The second-order valence-corrected chi connectivity index (χ2v) is 7.90. The number of sulfonamides is 1. The topological polar surface area (TPSA) is 84.9 Å². The molecule has 0 aliphatic carbocycles. The number of rotatable bonds is 8. The van der Waals surface area contributed by atoms with Gasteiger partial charge in [-0.2, -0.15) is 0 Å². The summed E-state index contributed by atoms with van der Waals surface area (Å²) in [7, 11) is -2.09. The molecule has 1 aromatic rings. The molecule has 0 spiro atoms. The first kappa shape index (κ1) is 19.7. The lowest BCUT2D eigenvalue weighted by Crippen LogP contribution is -2.41. The van der Waals surface area contributed by atoms with Crippen molar-refractivity contribution in [3.05, 3.63) is 23.8 Å². The van der Waals surface area contributed by atoms with Gasteiger partial charge in [0.2, 0.25) is 15.9 Å². The minimum atomic E-state index is -3.63. The molecular formula is C17H26N2O5S. The predicted octanol–water partition coefficient (Wildman–Crippen LogP) is 1.31. The normalized spacial score (nSPS) is 17.5. The largest absolute Gasteiger partial charge is 0.496 e. The summed E-state index contributed by atoms with van der Waals surface area (Å²) >= 11 is 0. The van der Waals surface area contributed by atoms with E-state index < -0.39 is 10.0 Å². The maximum atomic E-state index is 12.4. The van der Waals surface area contributed by atoms with Crippen LogP contribution < -0.4 is 9.46 Å². The lowest BCUT2D eigenvalue weighted by molar-refractivity contribution is -0.130. The predicted molar refractivity (Wildman–Crippen MR) is 94.1 cm³/mol. The SMILES string of the molecule is COc1ccc(S(=O)(=O)NCCN(CC2CCCO2)C(C)=O)cc1C. The molecular weight excluding hydrogens is 344 g/mol.